The third kappa shape index (κ3) is 2.39. The molecule has 0 spiro atoms. The largest absolute Gasteiger partial charge is 0.355 e. The molecule has 1 aliphatic rings. The maximum Gasteiger partial charge on any atom is 0.223 e. The van der Waals surface area contributed by atoms with E-state index in [9.17, 15) is 4.79 Å². The highest BCUT2D eigenvalue weighted by atomic mass is 16.1. The van der Waals surface area contributed by atoms with Gasteiger partial charge in [0.25, 0.3) is 0 Å². The Morgan fingerprint density at radius 1 is 1.58 bits per heavy atom. The number of carbonyl (C=O) groups is 1. The number of nitriles is 1. The van der Waals surface area contributed by atoms with Crippen LogP contribution in [0.4, 0.5) is 0 Å². The van der Waals surface area contributed by atoms with Gasteiger partial charge in [-0.3, -0.25) is 4.79 Å². The lowest BCUT2D eigenvalue weighted by Gasteiger charge is -2.08. The second kappa shape index (κ2) is 4.55. The summed E-state index contributed by atoms with van der Waals surface area (Å²) in [5.74, 6) is 0.193. The van der Waals surface area contributed by atoms with Crippen molar-refractivity contribution in [1.82, 2.24) is 5.32 Å². The number of rotatable bonds is 3. The van der Waals surface area contributed by atoms with Gasteiger partial charge in [-0.2, -0.15) is 5.26 Å². The Bertz CT molecular complexity index is 219. The molecule has 1 amide bonds. The number of nitrogens with zero attached hydrogens (tertiary/aromatic N) is 1. The average molecular weight is 164 g/mol. The highest BCUT2D eigenvalue weighted by Crippen LogP contribution is 2.17. The molecule has 0 aromatic carbocycles. The van der Waals surface area contributed by atoms with Crippen molar-refractivity contribution in [3.05, 3.63) is 12.2 Å². The van der Waals surface area contributed by atoms with Gasteiger partial charge in [0, 0.05) is 12.5 Å². The van der Waals surface area contributed by atoms with Gasteiger partial charge >= 0.3 is 0 Å². The number of nitrogens with one attached hydrogen (secondary N) is 1. The van der Waals surface area contributed by atoms with Crippen LogP contribution in [0.3, 0.4) is 0 Å². The van der Waals surface area contributed by atoms with Gasteiger partial charge < -0.3 is 5.32 Å². The van der Waals surface area contributed by atoms with Crippen molar-refractivity contribution in [2.45, 2.75) is 19.3 Å². The zero-order chi connectivity index (χ0) is 8.81. The predicted molar refractivity (Wildman–Crippen MR) is 45.1 cm³/mol. The number of hydrogen-bond donors (Lipinski definition) is 1. The number of allylic oxidation sites excluding steroid dienone is 2. The maximum absolute atomic E-state index is 11.3. The van der Waals surface area contributed by atoms with Gasteiger partial charge in [-0.15, -0.1) is 0 Å². The molecule has 0 heterocycles. The Hall–Kier alpha value is -1.30. The number of carbonyl (C=O) groups excluding carboxylic acids is 1. The molecule has 0 unspecified atom stereocenters. The lowest BCUT2D eigenvalue weighted by molar-refractivity contribution is -0.124. The van der Waals surface area contributed by atoms with E-state index >= 15 is 0 Å². The van der Waals surface area contributed by atoms with Crippen LogP contribution in [0.15, 0.2) is 12.2 Å². The molecule has 3 nitrogen and oxygen atoms in total. The summed E-state index contributed by atoms with van der Waals surface area (Å²) in [5.41, 5.74) is 0. The highest BCUT2D eigenvalue weighted by Gasteiger charge is 2.17. The second-order valence-corrected chi connectivity index (χ2v) is 2.84. The third-order valence-corrected chi connectivity index (χ3v) is 1.91. The van der Waals surface area contributed by atoms with Gasteiger partial charge in [-0.1, -0.05) is 12.2 Å². The van der Waals surface area contributed by atoms with Crippen LogP contribution >= 0.6 is 0 Å². The van der Waals surface area contributed by atoms with Crippen LogP contribution in [0.5, 0.6) is 0 Å². The van der Waals surface area contributed by atoms with Gasteiger partial charge in [0.1, 0.15) is 0 Å². The molecule has 0 aliphatic heterocycles. The fraction of sp³-hybridized carbons (Fsp3) is 0.556. The van der Waals surface area contributed by atoms with Crippen LogP contribution < -0.4 is 5.32 Å². The fourth-order valence-corrected chi connectivity index (χ4v) is 1.22. The van der Waals surface area contributed by atoms with E-state index < -0.39 is 0 Å². The van der Waals surface area contributed by atoms with E-state index in [4.69, 9.17) is 5.26 Å². The summed E-state index contributed by atoms with van der Waals surface area (Å²) >= 11 is 0. The van der Waals surface area contributed by atoms with Crippen molar-refractivity contribution in [1.29, 1.82) is 5.26 Å². The van der Waals surface area contributed by atoms with Crippen molar-refractivity contribution >= 4 is 5.91 Å². The van der Waals surface area contributed by atoms with Crippen molar-refractivity contribution in [3.8, 4) is 6.07 Å². The molecule has 1 aliphatic carbocycles. The minimum Gasteiger partial charge on any atom is -0.355 e. The van der Waals surface area contributed by atoms with Crippen LogP contribution in [-0.2, 0) is 4.79 Å². The number of amides is 1. The molecular weight excluding hydrogens is 152 g/mol. The van der Waals surface area contributed by atoms with Crippen LogP contribution in [0, 0.1) is 17.2 Å². The molecule has 0 saturated carbocycles. The molecule has 0 aromatic rings. The van der Waals surface area contributed by atoms with Crippen LogP contribution in [-0.4, -0.2) is 12.5 Å². The smallest absolute Gasteiger partial charge is 0.223 e. The molecule has 64 valence electrons. The lowest BCUT2D eigenvalue weighted by atomic mass is 10.1. The Morgan fingerprint density at radius 2 is 2.25 bits per heavy atom. The second-order valence-electron chi connectivity index (χ2n) is 2.84. The number of hydrogen-bond acceptors (Lipinski definition) is 2. The van der Waals surface area contributed by atoms with Crippen molar-refractivity contribution in [3.63, 3.8) is 0 Å². The SMILES string of the molecule is N#CCCNC(=O)C1CC=CC1. The van der Waals surface area contributed by atoms with Crippen molar-refractivity contribution in [2.24, 2.45) is 5.92 Å². The highest BCUT2D eigenvalue weighted by molar-refractivity contribution is 5.79. The fourth-order valence-electron chi connectivity index (χ4n) is 1.22. The topological polar surface area (TPSA) is 52.9 Å². The predicted octanol–water partition coefficient (Wildman–Crippen LogP) is 0.982. The van der Waals surface area contributed by atoms with E-state index in [1.165, 1.54) is 0 Å². The summed E-state index contributed by atoms with van der Waals surface area (Å²) < 4.78 is 0. The molecule has 0 bridgehead atoms. The monoisotopic (exact) mass is 164 g/mol. The first-order valence-electron chi connectivity index (χ1n) is 4.14. The first-order valence-corrected chi connectivity index (χ1v) is 4.14. The van der Waals surface area contributed by atoms with Crippen molar-refractivity contribution < 1.29 is 4.79 Å². The van der Waals surface area contributed by atoms with Gasteiger partial charge in [0.15, 0.2) is 0 Å². The molecule has 1 N–H and O–H groups in total. The summed E-state index contributed by atoms with van der Waals surface area (Å²) in [6.07, 6.45) is 6.13. The minimum absolute atomic E-state index is 0.0789. The van der Waals surface area contributed by atoms with Gasteiger partial charge in [0.05, 0.1) is 12.5 Å². The zero-order valence-corrected chi connectivity index (χ0v) is 6.92. The summed E-state index contributed by atoms with van der Waals surface area (Å²) in [5, 5.41) is 11.0. The molecular formula is C9H12N2O. The molecule has 0 radical (unpaired) electrons. The lowest BCUT2D eigenvalue weighted by Crippen LogP contribution is -2.29. The van der Waals surface area contributed by atoms with E-state index in [1.807, 2.05) is 18.2 Å². The molecule has 0 fully saturated rings. The standard InChI is InChI=1S/C9H12N2O/c10-6-3-7-11-9(12)8-4-1-2-5-8/h1-2,8H,3-5,7H2,(H,11,12). The Morgan fingerprint density at radius 3 is 2.83 bits per heavy atom. The molecule has 12 heavy (non-hydrogen) atoms. The Kier molecular flexibility index (Phi) is 3.34. The van der Waals surface area contributed by atoms with Crippen LogP contribution in [0.2, 0.25) is 0 Å². The van der Waals surface area contributed by atoms with Gasteiger partial charge in [-0.25, -0.2) is 0 Å². The first-order chi connectivity index (χ1) is 5.84. The minimum atomic E-state index is 0.0789. The average Bonchev–Trinajstić information content (AvgIpc) is 2.56. The normalized spacial score (nSPS) is 15.9. The quantitative estimate of drug-likeness (QED) is 0.499. The molecule has 0 aromatic heterocycles. The Balaban J connectivity index is 2.16. The van der Waals surface area contributed by atoms with E-state index in [-0.39, 0.29) is 11.8 Å². The Labute approximate surface area is 72.1 Å². The van der Waals surface area contributed by atoms with Crippen LogP contribution in [0.1, 0.15) is 19.3 Å². The first kappa shape index (κ1) is 8.79. The molecule has 3 heteroatoms. The van der Waals surface area contributed by atoms with E-state index in [2.05, 4.69) is 5.32 Å². The van der Waals surface area contributed by atoms with Gasteiger partial charge in [0.2, 0.25) is 5.91 Å². The van der Waals surface area contributed by atoms with E-state index in [1.54, 1.807) is 0 Å². The van der Waals surface area contributed by atoms with Gasteiger partial charge in [-0.05, 0) is 12.8 Å². The van der Waals surface area contributed by atoms with Crippen LogP contribution in [0.25, 0.3) is 0 Å². The zero-order valence-electron chi connectivity index (χ0n) is 6.92. The summed E-state index contributed by atoms with van der Waals surface area (Å²) in [4.78, 5) is 11.3. The van der Waals surface area contributed by atoms with Crippen molar-refractivity contribution in [2.75, 3.05) is 6.54 Å². The summed E-state index contributed by atoms with van der Waals surface area (Å²) in [7, 11) is 0. The van der Waals surface area contributed by atoms with E-state index in [0.717, 1.165) is 12.8 Å². The summed E-state index contributed by atoms with van der Waals surface area (Å²) in [6.45, 7) is 0.478. The molecule has 1 rings (SSSR count). The molecule has 0 atom stereocenters. The third-order valence-electron chi connectivity index (χ3n) is 1.91. The summed E-state index contributed by atoms with van der Waals surface area (Å²) in [6, 6.07) is 1.98. The molecule has 0 saturated heterocycles. The van der Waals surface area contributed by atoms with E-state index in [0.29, 0.717) is 13.0 Å². The maximum atomic E-state index is 11.3.